The van der Waals surface area contributed by atoms with Gasteiger partial charge in [-0.15, -0.1) is 5.10 Å². The topological polar surface area (TPSA) is 97.3 Å². The van der Waals surface area contributed by atoms with Crippen molar-refractivity contribution in [3.05, 3.63) is 56.4 Å². The summed E-state index contributed by atoms with van der Waals surface area (Å²) in [7, 11) is 3.10. The first-order chi connectivity index (χ1) is 13.9. The number of halogens is 2. The lowest BCUT2D eigenvalue weighted by atomic mass is 10.2. The first kappa shape index (κ1) is 21.2. The highest BCUT2D eigenvalue weighted by Crippen LogP contribution is 2.33. The van der Waals surface area contributed by atoms with Crippen LogP contribution in [0.4, 0.5) is 0 Å². The maximum atomic E-state index is 11.7. The van der Waals surface area contributed by atoms with Crippen LogP contribution in [0.5, 0.6) is 11.5 Å². The third-order valence-corrected chi connectivity index (χ3v) is 5.50. The Morgan fingerprint density at radius 1 is 1.21 bits per heavy atom. The molecular weight excluding hydrogens is 482 g/mol. The number of carboxylic acid groups (broad SMARTS) is 1. The molecule has 0 aliphatic carbocycles. The minimum atomic E-state index is -1.09. The molecule has 2 aromatic carbocycles. The molecule has 10 heteroatoms. The van der Waals surface area contributed by atoms with Gasteiger partial charge < -0.3 is 14.6 Å². The van der Waals surface area contributed by atoms with E-state index in [1.807, 2.05) is 0 Å². The van der Waals surface area contributed by atoms with Gasteiger partial charge in [-0.3, -0.25) is 5.10 Å². The van der Waals surface area contributed by atoms with E-state index >= 15 is 0 Å². The molecule has 3 rings (SSSR count). The van der Waals surface area contributed by atoms with E-state index in [-0.39, 0.29) is 10.1 Å². The second-order valence-corrected chi connectivity index (χ2v) is 7.92. The maximum absolute atomic E-state index is 11.7. The molecule has 0 aliphatic heterocycles. The van der Waals surface area contributed by atoms with Crippen LogP contribution in [0, 0.1) is 0 Å². The molecule has 0 spiro atoms. The zero-order valence-corrected chi connectivity index (χ0v) is 18.4. The second kappa shape index (κ2) is 9.34. The van der Waals surface area contributed by atoms with Gasteiger partial charge in [-0.2, -0.15) is 0 Å². The number of aromatic amines is 1. The fraction of sp³-hybridized carbons (Fsp3) is 0.105. The number of rotatable bonds is 7. The normalized spacial score (nSPS) is 11.4. The molecule has 1 aromatic heterocycles. The molecule has 0 radical (unpaired) electrons. The quantitative estimate of drug-likeness (QED) is 0.346. The number of carboxylic acids is 1. The molecule has 3 aromatic rings. The molecule has 0 bridgehead atoms. The Kier molecular flexibility index (Phi) is 6.83. The Labute approximate surface area is 184 Å². The Bertz CT molecular complexity index is 1090. The molecule has 1 heterocycles. The van der Waals surface area contributed by atoms with Crippen LogP contribution in [0.2, 0.25) is 5.02 Å². The van der Waals surface area contributed by atoms with Gasteiger partial charge in [0.2, 0.25) is 5.16 Å². The molecule has 0 unspecified atom stereocenters. The van der Waals surface area contributed by atoms with Crippen LogP contribution in [-0.2, 0) is 4.79 Å². The van der Waals surface area contributed by atoms with Gasteiger partial charge >= 0.3 is 5.97 Å². The van der Waals surface area contributed by atoms with E-state index in [1.165, 1.54) is 13.2 Å². The van der Waals surface area contributed by atoms with Crippen molar-refractivity contribution in [2.75, 3.05) is 14.2 Å². The number of hydrogen-bond donors (Lipinski definition) is 2. The van der Waals surface area contributed by atoms with Crippen LogP contribution >= 0.6 is 39.3 Å². The van der Waals surface area contributed by atoms with E-state index in [1.54, 1.807) is 43.5 Å². The van der Waals surface area contributed by atoms with Gasteiger partial charge in [-0.05, 0) is 69.7 Å². The lowest BCUT2D eigenvalue weighted by Gasteiger charge is -2.05. The maximum Gasteiger partial charge on any atom is 0.342 e. The molecule has 0 fully saturated rings. The molecule has 0 saturated carbocycles. The van der Waals surface area contributed by atoms with Crippen molar-refractivity contribution in [1.82, 2.24) is 15.2 Å². The second-order valence-electron chi connectivity index (χ2n) is 5.62. The smallest absolute Gasteiger partial charge is 0.342 e. The summed E-state index contributed by atoms with van der Waals surface area (Å²) in [4.78, 5) is 16.1. The van der Waals surface area contributed by atoms with Crippen LogP contribution in [0.15, 0.2) is 50.9 Å². The average molecular weight is 497 g/mol. The first-order valence-corrected chi connectivity index (χ1v) is 10.1. The highest BCUT2D eigenvalue weighted by molar-refractivity contribution is 9.10. The van der Waals surface area contributed by atoms with Crippen LogP contribution in [0.3, 0.4) is 0 Å². The van der Waals surface area contributed by atoms with Crippen molar-refractivity contribution in [2.24, 2.45) is 0 Å². The van der Waals surface area contributed by atoms with E-state index in [2.05, 4.69) is 31.1 Å². The predicted octanol–water partition coefficient (Wildman–Crippen LogP) is 5.12. The van der Waals surface area contributed by atoms with Crippen LogP contribution < -0.4 is 9.47 Å². The minimum Gasteiger partial charge on any atom is -0.496 e. The number of benzene rings is 2. The van der Waals surface area contributed by atoms with Gasteiger partial charge in [0, 0.05) is 5.02 Å². The standard InChI is InChI=1S/C19H15BrClN3O4S/c1-27-14-6-4-11(21)9-12(14)17-22-19(24-23-17)29-16(18(25)26)8-10-3-5-15(28-2)13(20)7-10/h3-9H,1-2H3,(H,25,26)(H,22,23,24)/b16-8-. The van der Waals surface area contributed by atoms with E-state index in [0.29, 0.717) is 33.5 Å². The number of aromatic nitrogens is 3. The lowest BCUT2D eigenvalue weighted by Crippen LogP contribution is -1.97. The lowest BCUT2D eigenvalue weighted by molar-refractivity contribution is -0.131. The van der Waals surface area contributed by atoms with Crippen LogP contribution in [0.1, 0.15) is 5.56 Å². The molecule has 0 atom stereocenters. The molecular formula is C19H15BrClN3O4S. The third kappa shape index (κ3) is 5.11. The Morgan fingerprint density at radius 3 is 2.59 bits per heavy atom. The van der Waals surface area contributed by atoms with Gasteiger partial charge in [0.05, 0.1) is 24.3 Å². The number of thioether (sulfide) groups is 1. The molecule has 7 nitrogen and oxygen atoms in total. The van der Waals surface area contributed by atoms with Crippen molar-refractivity contribution in [2.45, 2.75) is 5.16 Å². The average Bonchev–Trinajstić information content (AvgIpc) is 3.16. The van der Waals surface area contributed by atoms with E-state index in [0.717, 1.165) is 16.2 Å². The first-order valence-electron chi connectivity index (χ1n) is 8.14. The Balaban J connectivity index is 1.89. The summed E-state index contributed by atoms with van der Waals surface area (Å²) in [5.41, 5.74) is 1.31. The largest absolute Gasteiger partial charge is 0.496 e. The van der Waals surface area contributed by atoms with Gasteiger partial charge in [0.1, 0.15) is 16.4 Å². The SMILES string of the molecule is COc1ccc(/C=C(\Sc2n[nH]c(-c3cc(Cl)ccc3OC)n2)C(=O)O)cc1Br. The zero-order valence-electron chi connectivity index (χ0n) is 15.3. The summed E-state index contributed by atoms with van der Waals surface area (Å²) in [5, 5.41) is 17.2. The number of aliphatic carboxylic acids is 1. The number of hydrogen-bond acceptors (Lipinski definition) is 6. The van der Waals surface area contributed by atoms with E-state index < -0.39 is 5.97 Å². The number of carbonyl (C=O) groups is 1. The van der Waals surface area contributed by atoms with Gasteiger partial charge in [-0.25, -0.2) is 9.78 Å². The number of nitrogens with zero attached hydrogens (tertiary/aromatic N) is 2. The molecule has 29 heavy (non-hydrogen) atoms. The highest BCUT2D eigenvalue weighted by Gasteiger charge is 2.16. The van der Waals surface area contributed by atoms with Crippen LogP contribution in [0.25, 0.3) is 17.5 Å². The summed E-state index contributed by atoms with van der Waals surface area (Å²) in [6.07, 6.45) is 1.53. The monoisotopic (exact) mass is 495 g/mol. The molecule has 2 N–H and O–H groups in total. The third-order valence-electron chi connectivity index (χ3n) is 3.77. The van der Waals surface area contributed by atoms with Crippen LogP contribution in [-0.4, -0.2) is 40.5 Å². The van der Waals surface area contributed by atoms with Crippen molar-refractivity contribution in [1.29, 1.82) is 0 Å². The Morgan fingerprint density at radius 2 is 1.93 bits per heavy atom. The van der Waals surface area contributed by atoms with Crippen molar-refractivity contribution >= 4 is 51.3 Å². The predicted molar refractivity (Wildman–Crippen MR) is 116 cm³/mol. The van der Waals surface area contributed by atoms with Gasteiger partial charge in [0.15, 0.2) is 5.82 Å². The minimum absolute atomic E-state index is 0.0608. The fourth-order valence-electron chi connectivity index (χ4n) is 2.43. The van der Waals surface area contributed by atoms with Gasteiger partial charge in [-0.1, -0.05) is 17.7 Å². The summed E-state index contributed by atoms with van der Waals surface area (Å²) < 4.78 is 11.2. The molecule has 0 aliphatic rings. The molecule has 0 saturated heterocycles. The van der Waals surface area contributed by atoms with E-state index in [4.69, 9.17) is 21.1 Å². The summed E-state index contributed by atoms with van der Waals surface area (Å²) in [5.74, 6) is 0.553. The molecule has 0 amide bonds. The molecule has 150 valence electrons. The van der Waals surface area contributed by atoms with E-state index in [9.17, 15) is 9.90 Å². The Hall–Kier alpha value is -2.49. The van der Waals surface area contributed by atoms with Crippen molar-refractivity contribution in [3.63, 3.8) is 0 Å². The summed E-state index contributed by atoms with van der Waals surface area (Å²) in [6.45, 7) is 0. The number of H-pyrrole nitrogens is 1. The van der Waals surface area contributed by atoms with Crippen molar-refractivity contribution in [3.8, 4) is 22.9 Å². The summed E-state index contributed by atoms with van der Waals surface area (Å²) >= 11 is 10.4. The van der Waals surface area contributed by atoms with Crippen molar-refractivity contribution < 1.29 is 19.4 Å². The zero-order chi connectivity index (χ0) is 21.0. The van der Waals surface area contributed by atoms with Gasteiger partial charge in [0.25, 0.3) is 0 Å². The highest BCUT2D eigenvalue weighted by atomic mass is 79.9. The fourth-order valence-corrected chi connectivity index (χ4v) is 3.87. The number of ether oxygens (including phenoxy) is 2. The summed E-state index contributed by atoms with van der Waals surface area (Å²) in [6, 6.07) is 10.4. The number of methoxy groups -OCH3 is 2. The number of nitrogens with one attached hydrogen (secondary N) is 1.